The van der Waals surface area contributed by atoms with Gasteiger partial charge in [-0.3, -0.25) is 0 Å². The highest BCUT2D eigenvalue weighted by molar-refractivity contribution is 6.34. The summed E-state index contributed by atoms with van der Waals surface area (Å²) in [6.07, 6.45) is 3.62. The summed E-state index contributed by atoms with van der Waals surface area (Å²) in [5, 5.41) is 13.1. The van der Waals surface area contributed by atoms with Gasteiger partial charge >= 0.3 is 0 Å². The predicted molar refractivity (Wildman–Crippen MR) is 115 cm³/mol. The molecular weight excluding hydrogens is 425 g/mol. The van der Waals surface area contributed by atoms with Crippen molar-refractivity contribution in [3.8, 4) is 11.5 Å². The van der Waals surface area contributed by atoms with E-state index in [0.29, 0.717) is 44.3 Å². The number of nitrogens with zero attached hydrogens (tertiary/aromatic N) is 2. The average molecular weight is 440 g/mol. The fourth-order valence-electron chi connectivity index (χ4n) is 3.52. The van der Waals surface area contributed by atoms with Gasteiger partial charge in [-0.15, -0.1) is 0 Å². The fraction of sp³-hybridized carbons (Fsp3) is 0.0909. The van der Waals surface area contributed by atoms with Gasteiger partial charge in [-0.25, -0.2) is 9.97 Å². The van der Waals surface area contributed by atoms with Crippen LogP contribution in [-0.2, 0) is 0 Å². The molecule has 0 saturated heterocycles. The summed E-state index contributed by atoms with van der Waals surface area (Å²) < 4.78 is 11.6. The van der Waals surface area contributed by atoms with Gasteiger partial charge in [-0.2, -0.15) is 0 Å². The molecule has 5 aromatic rings. The Bertz CT molecular complexity index is 1390. The predicted octanol–water partition coefficient (Wildman–Crippen LogP) is 6.19. The molecule has 6 nitrogen and oxygen atoms in total. The number of H-pyrrole nitrogens is 1. The van der Waals surface area contributed by atoms with Crippen LogP contribution < -0.4 is 4.74 Å². The Labute approximate surface area is 181 Å². The van der Waals surface area contributed by atoms with E-state index in [-0.39, 0.29) is 5.15 Å². The molecule has 150 valence electrons. The average Bonchev–Trinajstić information content (AvgIpc) is 3.35. The first-order valence-corrected chi connectivity index (χ1v) is 9.87. The van der Waals surface area contributed by atoms with E-state index in [1.165, 1.54) is 6.33 Å². The number of fused-ring (bicyclic) bond motifs is 2. The van der Waals surface area contributed by atoms with Crippen molar-refractivity contribution in [2.45, 2.75) is 13.0 Å². The first kappa shape index (κ1) is 18.9. The van der Waals surface area contributed by atoms with E-state index in [1.807, 2.05) is 25.1 Å². The van der Waals surface area contributed by atoms with Gasteiger partial charge in [0.05, 0.1) is 16.7 Å². The second-order valence-corrected chi connectivity index (χ2v) is 7.69. The highest BCUT2D eigenvalue weighted by atomic mass is 35.5. The van der Waals surface area contributed by atoms with E-state index in [0.717, 1.165) is 10.9 Å². The van der Waals surface area contributed by atoms with Crippen LogP contribution in [0.3, 0.4) is 0 Å². The summed E-state index contributed by atoms with van der Waals surface area (Å²) in [5.41, 5.74) is 3.31. The van der Waals surface area contributed by atoms with Crippen LogP contribution in [0.2, 0.25) is 10.2 Å². The zero-order chi connectivity index (χ0) is 20.8. The Hall–Kier alpha value is -3.06. The van der Waals surface area contributed by atoms with Crippen molar-refractivity contribution in [3.63, 3.8) is 0 Å². The maximum absolute atomic E-state index is 10.9. The van der Waals surface area contributed by atoms with Gasteiger partial charge in [-0.05, 0) is 42.8 Å². The van der Waals surface area contributed by atoms with Crippen molar-refractivity contribution in [2.24, 2.45) is 0 Å². The smallest absolute Gasteiger partial charge is 0.176 e. The van der Waals surface area contributed by atoms with Crippen LogP contribution in [0.15, 0.2) is 59.6 Å². The van der Waals surface area contributed by atoms with Crippen LogP contribution in [0.25, 0.3) is 22.0 Å². The molecular formula is C22H15Cl2N3O3. The molecule has 3 heterocycles. The van der Waals surface area contributed by atoms with Gasteiger partial charge in [0.2, 0.25) is 0 Å². The molecule has 0 saturated carbocycles. The molecule has 0 radical (unpaired) electrons. The van der Waals surface area contributed by atoms with Crippen LogP contribution in [-0.4, -0.2) is 20.1 Å². The number of nitrogens with one attached hydrogen (secondary N) is 1. The summed E-state index contributed by atoms with van der Waals surface area (Å²) in [5.74, 6) is 1.12. The minimum absolute atomic E-state index is 0.258. The number of hydrogen-bond acceptors (Lipinski definition) is 5. The van der Waals surface area contributed by atoms with Gasteiger partial charge in [0.1, 0.15) is 29.0 Å². The van der Waals surface area contributed by atoms with Crippen LogP contribution in [0.1, 0.15) is 22.8 Å². The number of halogens is 2. The lowest BCUT2D eigenvalue weighted by Crippen LogP contribution is -2.00. The molecule has 1 unspecified atom stereocenters. The number of aromatic nitrogens is 3. The molecule has 0 aliphatic rings. The minimum atomic E-state index is -1.01. The summed E-state index contributed by atoms with van der Waals surface area (Å²) in [4.78, 5) is 11.1. The standard InChI is InChI=1S/C22H15Cl2N3O3/c1-11-6-12-4-5-29-20(12)17(7-11)30-13-2-3-14(16(23)8-13)19(28)15-9-25-22-18(15)21(24)26-10-27-22/h2-10,19,28H,1H3,(H,25,26,27). The molecule has 3 aromatic heterocycles. The molecule has 0 aliphatic heterocycles. The summed E-state index contributed by atoms with van der Waals surface area (Å²) in [6.45, 7) is 1.99. The molecule has 1 atom stereocenters. The van der Waals surface area contributed by atoms with Crippen LogP contribution in [0, 0.1) is 6.92 Å². The SMILES string of the molecule is Cc1cc(Oc2ccc(C(O)c3c[nH]c4ncnc(Cl)c34)c(Cl)c2)c2occc2c1. The summed E-state index contributed by atoms with van der Waals surface area (Å²) in [6, 6.07) is 10.9. The van der Waals surface area contributed by atoms with Gasteiger partial charge in [0.25, 0.3) is 0 Å². The van der Waals surface area contributed by atoms with E-state index in [2.05, 4.69) is 15.0 Å². The lowest BCUT2D eigenvalue weighted by Gasteiger charge is -2.14. The van der Waals surface area contributed by atoms with Crippen LogP contribution >= 0.6 is 23.2 Å². The van der Waals surface area contributed by atoms with Crippen molar-refractivity contribution < 1.29 is 14.3 Å². The van der Waals surface area contributed by atoms with E-state index in [9.17, 15) is 5.11 Å². The molecule has 5 rings (SSSR count). The number of benzene rings is 2. The van der Waals surface area contributed by atoms with Crippen molar-refractivity contribution >= 4 is 45.2 Å². The van der Waals surface area contributed by atoms with Crippen molar-refractivity contribution in [2.75, 3.05) is 0 Å². The van der Waals surface area contributed by atoms with Gasteiger partial charge in [0.15, 0.2) is 11.3 Å². The van der Waals surface area contributed by atoms with Gasteiger partial charge < -0.3 is 19.2 Å². The van der Waals surface area contributed by atoms with E-state index >= 15 is 0 Å². The minimum Gasteiger partial charge on any atom is -0.460 e. The molecule has 2 N–H and O–H groups in total. The van der Waals surface area contributed by atoms with Crippen molar-refractivity contribution in [1.82, 2.24) is 15.0 Å². The maximum atomic E-state index is 10.9. The van der Waals surface area contributed by atoms with Gasteiger partial charge in [0, 0.05) is 22.7 Å². The largest absolute Gasteiger partial charge is 0.460 e. The van der Waals surface area contributed by atoms with E-state index < -0.39 is 6.10 Å². The van der Waals surface area contributed by atoms with E-state index in [1.54, 1.807) is 30.7 Å². The van der Waals surface area contributed by atoms with Crippen molar-refractivity contribution in [3.05, 3.63) is 82.1 Å². The lowest BCUT2D eigenvalue weighted by molar-refractivity contribution is 0.222. The number of ether oxygens (including phenoxy) is 1. The Kier molecular flexibility index (Phi) is 4.62. The molecule has 30 heavy (non-hydrogen) atoms. The Balaban J connectivity index is 1.49. The quantitative estimate of drug-likeness (QED) is 0.326. The number of aromatic amines is 1. The highest BCUT2D eigenvalue weighted by Gasteiger charge is 2.21. The van der Waals surface area contributed by atoms with Gasteiger partial charge in [-0.1, -0.05) is 29.3 Å². The zero-order valence-corrected chi connectivity index (χ0v) is 17.2. The number of aliphatic hydroxyl groups excluding tert-OH is 1. The summed E-state index contributed by atoms with van der Waals surface area (Å²) >= 11 is 12.7. The molecule has 0 bridgehead atoms. The molecule has 0 aliphatic carbocycles. The first-order chi connectivity index (χ1) is 14.5. The third-order valence-electron chi connectivity index (χ3n) is 4.90. The fourth-order valence-corrected chi connectivity index (χ4v) is 4.04. The number of aryl methyl sites for hydroxylation is 1. The third-order valence-corrected chi connectivity index (χ3v) is 5.52. The lowest BCUT2D eigenvalue weighted by atomic mass is 10.0. The number of rotatable bonds is 4. The van der Waals surface area contributed by atoms with Crippen LogP contribution in [0.4, 0.5) is 0 Å². The molecule has 2 aromatic carbocycles. The van der Waals surface area contributed by atoms with E-state index in [4.69, 9.17) is 32.4 Å². The monoisotopic (exact) mass is 439 g/mol. The summed E-state index contributed by atoms with van der Waals surface area (Å²) in [7, 11) is 0. The maximum Gasteiger partial charge on any atom is 0.176 e. The third kappa shape index (κ3) is 3.19. The molecule has 0 fully saturated rings. The van der Waals surface area contributed by atoms with Crippen molar-refractivity contribution in [1.29, 1.82) is 0 Å². The number of aliphatic hydroxyl groups is 1. The Morgan fingerprint density at radius 3 is 2.80 bits per heavy atom. The topological polar surface area (TPSA) is 84.2 Å². The molecule has 0 amide bonds. The molecule has 0 spiro atoms. The Morgan fingerprint density at radius 2 is 1.97 bits per heavy atom. The van der Waals surface area contributed by atoms with Crippen LogP contribution in [0.5, 0.6) is 11.5 Å². The Morgan fingerprint density at radius 1 is 1.10 bits per heavy atom. The first-order valence-electron chi connectivity index (χ1n) is 9.12. The number of furan rings is 1. The second kappa shape index (κ2) is 7.32. The normalized spacial score (nSPS) is 12.5. The number of hydrogen-bond donors (Lipinski definition) is 2. The highest BCUT2D eigenvalue weighted by Crippen LogP contribution is 2.38. The molecule has 8 heteroatoms. The zero-order valence-electron chi connectivity index (χ0n) is 15.7. The second-order valence-electron chi connectivity index (χ2n) is 6.92.